The molecule has 0 bridgehead atoms. The largest absolute Gasteiger partial charge is 0.325 e. The van der Waals surface area contributed by atoms with Crippen molar-refractivity contribution in [2.75, 3.05) is 11.1 Å². The van der Waals surface area contributed by atoms with E-state index in [1.165, 1.54) is 11.8 Å². The quantitative estimate of drug-likeness (QED) is 0.467. The molecule has 0 aliphatic carbocycles. The second-order valence-electron chi connectivity index (χ2n) is 6.69. The lowest BCUT2D eigenvalue weighted by Gasteiger charge is -2.18. The Bertz CT molecular complexity index is 1050. The van der Waals surface area contributed by atoms with Crippen LogP contribution in [0.1, 0.15) is 38.8 Å². The normalized spacial score (nSPS) is 12.1. The van der Waals surface area contributed by atoms with Gasteiger partial charge in [0.25, 0.3) is 5.56 Å². The molecule has 0 saturated heterocycles. The van der Waals surface area contributed by atoms with Gasteiger partial charge in [-0.1, -0.05) is 55.9 Å². The number of carbonyl (C=O) groups is 1. The smallest absolute Gasteiger partial charge is 0.262 e. The third kappa shape index (κ3) is 4.28. The molecule has 5 nitrogen and oxygen atoms in total. The zero-order chi connectivity index (χ0) is 20.1. The van der Waals surface area contributed by atoms with Crippen LogP contribution in [0.5, 0.6) is 0 Å². The summed E-state index contributed by atoms with van der Waals surface area (Å²) in [4.78, 5) is 30.1. The standard InChI is InChI=1S/C22H25N3O2S/c1-4-15(3)25-21(27)17-11-7-9-13-19(17)24-22(25)28-14-20(26)23-18-12-8-6-10-16(18)5-2/h6-13,15H,4-5,14H2,1-3H3,(H,23,26)/t15-/m1/s1. The molecule has 0 aliphatic heterocycles. The highest BCUT2D eigenvalue weighted by molar-refractivity contribution is 7.99. The lowest BCUT2D eigenvalue weighted by atomic mass is 10.1. The number of aromatic nitrogens is 2. The Hall–Kier alpha value is -2.60. The number of para-hydroxylation sites is 2. The summed E-state index contributed by atoms with van der Waals surface area (Å²) in [6.07, 6.45) is 1.66. The van der Waals surface area contributed by atoms with E-state index in [0.717, 1.165) is 24.1 Å². The molecule has 1 amide bonds. The predicted octanol–water partition coefficient (Wildman–Crippen LogP) is 4.66. The van der Waals surface area contributed by atoms with Gasteiger partial charge in [-0.3, -0.25) is 14.2 Å². The molecule has 0 unspecified atom stereocenters. The number of nitrogens with zero attached hydrogens (tertiary/aromatic N) is 2. The first-order chi connectivity index (χ1) is 13.5. The van der Waals surface area contributed by atoms with Crippen LogP contribution in [0.4, 0.5) is 5.69 Å². The Kier molecular flexibility index (Phi) is 6.52. The third-order valence-electron chi connectivity index (χ3n) is 4.81. The van der Waals surface area contributed by atoms with Gasteiger partial charge in [-0.2, -0.15) is 0 Å². The maximum Gasteiger partial charge on any atom is 0.262 e. The van der Waals surface area contributed by atoms with Crippen LogP contribution in [0.3, 0.4) is 0 Å². The highest BCUT2D eigenvalue weighted by atomic mass is 32.2. The molecule has 1 aromatic heterocycles. The Morgan fingerprint density at radius 3 is 2.61 bits per heavy atom. The van der Waals surface area contributed by atoms with Crippen molar-refractivity contribution in [3.63, 3.8) is 0 Å². The van der Waals surface area contributed by atoms with E-state index in [1.54, 1.807) is 10.6 Å². The van der Waals surface area contributed by atoms with E-state index in [9.17, 15) is 9.59 Å². The van der Waals surface area contributed by atoms with Crippen LogP contribution in [-0.2, 0) is 11.2 Å². The van der Waals surface area contributed by atoms with Crippen molar-refractivity contribution in [3.05, 3.63) is 64.4 Å². The Labute approximate surface area is 169 Å². The van der Waals surface area contributed by atoms with Gasteiger partial charge in [0, 0.05) is 11.7 Å². The molecular formula is C22H25N3O2S. The van der Waals surface area contributed by atoms with Gasteiger partial charge in [-0.15, -0.1) is 0 Å². The molecule has 3 rings (SSSR count). The highest BCUT2D eigenvalue weighted by Gasteiger charge is 2.17. The molecule has 146 valence electrons. The van der Waals surface area contributed by atoms with E-state index in [4.69, 9.17) is 0 Å². The molecular weight excluding hydrogens is 370 g/mol. The van der Waals surface area contributed by atoms with Crippen LogP contribution in [0.15, 0.2) is 58.5 Å². The predicted molar refractivity (Wildman–Crippen MR) is 116 cm³/mol. The molecule has 0 aliphatic rings. The fraction of sp³-hybridized carbons (Fsp3) is 0.318. The van der Waals surface area contributed by atoms with Crippen LogP contribution in [0.25, 0.3) is 10.9 Å². The van der Waals surface area contributed by atoms with Gasteiger partial charge in [0.1, 0.15) is 0 Å². The first-order valence-electron chi connectivity index (χ1n) is 9.57. The average molecular weight is 396 g/mol. The molecule has 3 aromatic rings. The lowest BCUT2D eigenvalue weighted by molar-refractivity contribution is -0.113. The third-order valence-corrected chi connectivity index (χ3v) is 5.76. The highest BCUT2D eigenvalue weighted by Crippen LogP contribution is 2.23. The molecule has 1 heterocycles. The fourth-order valence-corrected chi connectivity index (χ4v) is 3.96. The van der Waals surface area contributed by atoms with Crippen LogP contribution in [-0.4, -0.2) is 21.2 Å². The minimum atomic E-state index is -0.107. The first kappa shape index (κ1) is 20.1. The SMILES string of the molecule is CCc1ccccc1NC(=O)CSc1nc2ccccc2c(=O)n1[C@H](C)CC. The molecule has 28 heavy (non-hydrogen) atoms. The van der Waals surface area contributed by atoms with E-state index < -0.39 is 0 Å². The van der Waals surface area contributed by atoms with Crippen molar-refractivity contribution in [3.8, 4) is 0 Å². The van der Waals surface area contributed by atoms with Gasteiger partial charge in [0.2, 0.25) is 5.91 Å². The van der Waals surface area contributed by atoms with Crippen LogP contribution < -0.4 is 10.9 Å². The number of hydrogen-bond donors (Lipinski definition) is 1. The maximum atomic E-state index is 13.0. The van der Waals surface area contributed by atoms with Gasteiger partial charge < -0.3 is 5.32 Å². The zero-order valence-corrected chi connectivity index (χ0v) is 17.3. The van der Waals surface area contributed by atoms with Gasteiger partial charge in [0.15, 0.2) is 5.16 Å². The van der Waals surface area contributed by atoms with Crippen LogP contribution in [0, 0.1) is 0 Å². The monoisotopic (exact) mass is 395 g/mol. The molecule has 1 atom stereocenters. The van der Waals surface area contributed by atoms with E-state index in [0.29, 0.717) is 16.1 Å². The summed E-state index contributed by atoms with van der Waals surface area (Å²) in [6, 6.07) is 15.1. The summed E-state index contributed by atoms with van der Waals surface area (Å²) in [5.41, 5.74) is 2.54. The number of anilines is 1. The van der Waals surface area contributed by atoms with E-state index in [2.05, 4.69) is 17.2 Å². The lowest BCUT2D eigenvalue weighted by Crippen LogP contribution is -2.26. The molecule has 2 aromatic carbocycles. The van der Waals surface area contributed by atoms with Crippen molar-refractivity contribution in [2.45, 2.75) is 44.8 Å². The number of benzene rings is 2. The molecule has 0 radical (unpaired) electrons. The van der Waals surface area contributed by atoms with Crippen molar-refractivity contribution >= 4 is 34.3 Å². The Balaban J connectivity index is 1.85. The minimum absolute atomic E-state index is 0.0102. The van der Waals surface area contributed by atoms with E-state index in [-0.39, 0.29) is 23.3 Å². The number of thioether (sulfide) groups is 1. The van der Waals surface area contributed by atoms with Gasteiger partial charge in [-0.25, -0.2) is 4.98 Å². The Morgan fingerprint density at radius 2 is 1.86 bits per heavy atom. The molecule has 0 fully saturated rings. The molecule has 6 heteroatoms. The van der Waals surface area contributed by atoms with Gasteiger partial charge >= 0.3 is 0 Å². The van der Waals surface area contributed by atoms with Gasteiger partial charge in [-0.05, 0) is 43.5 Å². The zero-order valence-electron chi connectivity index (χ0n) is 16.4. The molecule has 0 spiro atoms. The molecule has 1 N–H and O–H groups in total. The minimum Gasteiger partial charge on any atom is -0.325 e. The fourth-order valence-electron chi connectivity index (χ4n) is 3.07. The summed E-state index contributed by atoms with van der Waals surface area (Å²) >= 11 is 1.30. The number of aryl methyl sites for hydroxylation is 1. The number of amides is 1. The number of carbonyl (C=O) groups excluding carboxylic acids is 1. The van der Waals surface area contributed by atoms with E-state index >= 15 is 0 Å². The number of hydrogen-bond acceptors (Lipinski definition) is 4. The van der Waals surface area contributed by atoms with Crippen molar-refractivity contribution in [1.29, 1.82) is 0 Å². The topological polar surface area (TPSA) is 64.0 Å². The van der Waals surface area contributed by atoms with Crippen molar-refractivity contribution in [2.24, 2.45) is 0 Å². The summed E-state index contributed by atoms with van der Waals surface area (Å²) in [5, 5.41) is 4.16. The maximum absolute atomic E-state index is 13.0. The average Bonchev–Trinajstić information content (AvgIpc) is 2.72. The summed E-state index contributed by atoms with van der Waals surface area (Å²) in [7, 11) is 0. The number of fused-ring (bicyclic) bond motifs is 1. The summed E-state index contributed by atoms with van der Waals surface area (Å²) in [6.45, 7) is 6.10. The summed E-state index contributed by atoms with van der Waals surface area (Å²) < 4.78 is 1.71. The Morgan fingerprint density at radius 1 is 1.14 bits per heavy atom. The first-order valence-corrected chi connectivity index (χ1v) is 10.6. The summed E-state index contributed by atoms with van der Waals surface area (Å²) in [5.74, 6) is 0.0863. The number of nitrogens with one attached hydrogen (secondary N) is 1. The van der Waals surface area contributed by atoms with Crippen molar-refractivity contribution in [1.82, 2.24) is 9.55 Å². The second kappa shape index (κ2) is 9.06. The number of rotatable bonds is 7. The van der Waals surface area contributed by atoms with Crippen molar-refractivity contribution < 1.29 is 4.79 Å². The van der Waals surface area contributed by atoms with Gasteiger partial charge in [0.05, 0.1) is 16.7 Å². The van der Waals surface area contributed by atoms with Crippen LogP contribution >= 0.6 is 11.8 Å². The van der Waals surface area contributed by atoms with E-state index in [1.807, 2.05) is 56.3 Å². The second-order valence-corrected chi connectivity index (χ2v) is 7.63. The molecule has 0 saturated carbocycles. The van der Waals surface area contributed by atoms with Crippen LogP contribution in [0.2, 0.25) is 0 Å².